The van der Waals surface area contributed by atoms with E-state index in [-0.39, 0.29) is 23.6 Å². The van der Waals surface area contributed by atoms with Gasteiger partial charge in [-0.1, -0.05) is 19.9 Å². The van der Waals surface area contributed by atoms with E-state index in [0.717, 1.165) is 23.5 Å². The van der Waals surface area contributed by atoms with Crippen molar-refractivity contribution in [2.24, 2.45) is 5.92 Å². The normalized spacial score (nSPS) is 17.9. The van der Waals surface area contributed by atoms with E-state index >= 15 is 0 Å². The van der Waals surface area contributed by atoms with Gasteiger partial charge in [0.05, 0.1) is 19.3 Å². The van der Waals surface area contributed by atoms with Gasteiger partial charge in [-0.3, -0.25) is 4.79 Å². The maximum absolute atomic E-state index is 12.4. The molecule has 3 rings (SSSR count). The summed E-state index contributed by atoms with van der Waals surface area (Å²) in [5.41, 5.74) is 0.972. The first-order valence-corrected chi connectivity index (χ1v) is 8.30. The quantitative estimate of drug-likeness (QED) is 0.917. The van der Waals surface area contributed by atoms with Crippen molar-refractivity contribution in [3.63, 3.8) is 0 Å². The minimum Gasteiger partial charge on any atom is -0.494 e. The van der Waals surface area contributed by atoms with E-state index in [1.165, 1.54) is 6.26 Å². The molecule has 1 amide bonds. The second kappa shape index (κ2) is 7.47. The summed E-state index contributed by atoms with van der Waals surface area (Å²) in [6.07, 6.45) is 2.23. The maximum Gasteiger partial charge on any atom is 0.290 e. The molecule has 1 N–H and O–H groups in total. The zero-order valence-corrected chi connectivity index (χ0v) is 14.0. The number of rotatable bonds is 4. The SMILES string of the molecule is CC(C)[C@@H](NC(=O)C1=COCCO1)c1ccc2c(c1)OCCCO2. The van der Waals surface area contributed by atoms with Gasteiger partial charge in [0, 0.05) is 6.42 Å². The average molecular weight is 333 g/mol. The van der Waals surface area contributed by atoms with Gasteiger partial charge >= 0.3 is 0 Å². The summed E-state index contributed by atoms with van der Waals surface area (Å²) >= 11 is 0. The summed E-state index contributed by atoms with van der Waals surface area (Å²) in [6.45, 7) is 6.25. The predicted molar refractivity (Wildman–Crippen MR) is 87.8 cm³/mol. The van der Waals surface area contributed by atoms with Gasteiger partial charge in [0.2, 0.25) is 5.76 Å². The van der Waals surface area contributed by atoms with Crippen LogP contribution in [0.5, 0.6) is 11.5 Å². The Morgan fingerprint density at radius 3 is 2.54 bits per heavy atom. The van der Waals surface area contributed by atoms with E-state index in [1.54, 1.807) is 0 Å². The predicted octanol–water partition coefficient (Wildman–Crippen LogP) is 2.55. The lowest BCUT2D eigenvalue weighted by atomic mass is 9.95. The highest BCUT2D eigenvalue weighted by molar-refractivity contribution is 5.91. The highest BCUT2D eigenvalue weighted by Crippen LogP contribution is 2.34. The van der Waals surface area contributed by atoms with Crippen LogP contribution in [0.15, 0.2) is 30.2 Å². The van der Waals surface area contributed by atoms with Crippen LogP contribution in [0, 0.1) is 5.92 Å². The molecule has 0 fully saturated rings. The van der Waals surface area contributed by atoms with Crippen LogP contribution >= 0.6 is 0 Å². The Balaban J connectivity index is 1.79. The molecule has 6 heteroatoms. The average Bonchev–Trinajstić information content (AvgIpc) is 2.84. The smallest absolute Gasteiger partial charge is 0.290 e. The molecule has 0 aliphatic carbocycles. The number of carbonyl (C=O) groups excluding carboxylic acids is 1. The van der Waals surface area contributed by atoms with Crippen LogP contribution in [-0.4, -0.2) is 32.3 Å². The third-order valence-electron chi connectivity index (χ3n) is 3.96. The van der Waals surface area contributed by atoms with Gasteiger partial charge in [-0.25, -0.2) is 0 Å². The Kier molecular flexibility index (Phi) is 5.13. The Bertz CT molecular complexity index is 626. The van der Waals surface area contributed by atoms with Crippen LogP contribution in [-0.2, 0) is 14.3 Å². The fraction of sp³-hybridized carbons (Fsp3) is 0.500. The third-order valence-corrected chi connectivity index (χ3v) is 3.96. The number of ether oxygens (including phenoxy) is 4. The van der Waals surface area contributed by atoms with Crippen molar-refractivity contribution in [1.29, 1.82) is 0 Å². The van der Waals surface area contributed by atoms with Crippen molar-refractivity contribution in [3.05, 3.63) is 35.8 Å². The molecule has 0 saturated carbocycles. The van der Waals surface area contributed by atoms with Gasteiger partial charge in [0.15, 0.2) is 11.5 Å². The highest BCUT2D eigenvalue weighted by atomic mass is 16.6. The van der Waals surface area contributed by atoms with Crippen molar-refractivity contribution in [3.8, 4) is 11.5 Å². The molecule has 0 spiro atoms. The lowest BCUT2D eigenvalue weighted by molar-refractivity contribution is -0.123. The molecule has 130 valence electrons. The summed E-state index contributed by atoms with van der Waals surface area (Å²) in [5, 5.41) is 3.02. The Labute approximate surface area is 141 Å². The van der Waals surface area contributed by atoms with Gasteiger partial charge < -0.3 is 24.3 Å². The van der Waals surface area contributed by atoms with Crippen molar-refractivity contribution in [2.45, 2.75) is 26.3 Å². The number of carbonyl (C=O) groups is 1. The largest absolute Gasteiger partial charge is 0.494 e. The van der Waals surface area contributed by atoms with Gasteiger partial charge in [-0.2, -0.15) is 0 Å². The summed E-state index contributed by atoms with van der Waals surface area (Å²) < 4.78 is 21.9. The van der Waals surface area contributed by atoms with Crippen LogP contribution in [0.3, 0.4) is 0 Å². The number of fused-ring (bicyclic) bond motifs is 1. The maximum atomic E-state index is 12.4. The van der Waals surface area contributed by atoms with Crippen molar-refractivity contribution in [1.82, 2.24) is 5.32 Å². The molecule has 0 bridgehead atoms. The zero-order chi connectivity index (χ0) is 16.9. The van der Waals surface area contributed by atoms with Gasteiger partial charge in [-0.15, -0.1) is 0 Å². The van der Waals surface area contributed by atoms with E-state index in [9.17, 15) is 4.79 Å². The molecule has 2 aliphatic rings. The molecule has 0 radical (unpaired) electrons. The lowest BCUT2D eigenvalue weighted by Gasteiger charge is -2.25. The summed E-state index contributed by atoms with van der Waals surface area (Å²) in [6, 6.07) is 5.64. The van der Waals surface area contributed by atoms with E-state index in [0.29, 0.717) is 26.4 Å². The highest BCUT2D eigenvalue weighted by Gasteiger charge is 2.24. The molecular formula is C18H23NO5. The number of hydrogen-bond acceptors (Lipinski definition) is 5. The fourth-order valence-electron chi connectivity index (χ4n) is 2.71. The first kappa shape index (κ1) is 16.5. The first-order chi connectivity index (χ1) is 11.6. The topological polar surface area (TPSA) is 66.0 Å². The number of nitrogens with one attached hydrogen (secondary N) is 1. The molecule has 2 heterocycles. The standard InChI is InChI=1S/C18H23NO5/c1-12(2)17(19-18(20)16-11-21-8-9-24-16)13-4-5-14-15(10-13)23-7-3-6-22-14/h4-5,10-12,17H,3,6-9H2,1-2H3,(H,19,20)/t17-/m1/s1. The Morgan fingerprint density at radius 1 is 1.04 bits per heavy atom. The monoisotopic (exact) mass is 333 g/mol. The molecule has 0 unspecified atom stereocenters. The van der Waals surface area contributed by atoms with Crippen molar-refractivity contribution in [2.75, 3.05) is 26.4 Å². The summed E-state index contributed by atoms with van der Waals surface area (Å²) in [7, 11) is 0. The molecular weight excluding hydrogens is 310 g/mol. The minimum absolute atomic E-state index is 0.166. The zero-order valence-electron chi connectivity index (χ0n) is 14.0. The molecule has 1 atom stereocenters. The van der Waals surface area contributed by atoms with Crippen molar-refractivity contribution >= 4 is 5.91 Å². The van der Waals surface area contributed by atoms with Crippen LogP contribution in [0.25, 0.3) is 0 Å². The van der Waals surface area contributed by atoms with Crippen LogP contribution in [0.4, 0.5) is 0 Å². The molecule has 1 aromatic carbocycles. The fourth-order valence-corrected chi connectivity index (χ4v) is 2.71. The van der Waals surface area contributed by atoms with Crippen LogP contribution < -0.4 is 14.8 Å². The number of amides is 1. The lowest BCUT2D eigenvalue weighted by Crippen LogP contribution is -2.34. The minimum atomic E-state index is -0.277. The van der Waals surface area contributed by atoms with Crippen LogP contribution in [0.2, 0.25) is 0 Å². The molecule has 0 saturated heterocycles. The number of benzene rings is 1. The third kappa shape index (κ3) is 3.75. The van der Waals surface area contributed by atoms with E-state index in [4.69, 9.17) is 18.9 Å². The molecule has 6 nitrogen and oxygen atoms in total. The molecule has 24 heavy (non-hydrogen) atoms. The van der Waals surface area contributed by atoms with Gasteiger partial charge in [0.1, 0.15) is 19.5 Å². The van der Waals surface area contributed by atoms with Crippen molar-refractivity contribution < 1.29 is 23.7 Å². The second-order valence-electron chi connectivity index (χ2n) is 6.15. The van der Waals surface area contributed by atoms with Gasteiger partial charge in [-0.05, 0) is 23.6 Å². The van der Waals surface area contributed by atoms with E-state index < -0.39 is 0 Å². The summed E-state index contributed by atoms with van der Waals surface area (Å²) in [5.74, 6) is 1.60. The molecule has 0 aromatic heterocycles. The Hall–Kier alpha value is -2.37. The van der Waals surface area contributed by atoms with E-state index in [1.807, 2.05) is 18.2 Å². The second-order valence-corrected chi connectivity index (χ2v) is 6.15. The van der Waals surface area contributed by atoms with Gasteiger partial charge in [0.25, 0.3) is 5.91 Å². The molecule has 2 aliphatic heterocycles. The molecule has 1 aromatic rings. The first-order valence-electron chi connectivity index (χ1n) is 8.30. The van der Waals surface area contributed by atoms with Crippen LogP contribution in [0.1, 0.15) is 31.9 Å². The Morgan fingerprint density at radius 2 is 1.83 bits per heavy atom. The van der Waals surface area contributed by atoms with E-state index in [2.05, 4.69) is 19.2 Å². The number of hydrogen-bond donors (Lipinski definition) is 1. The summed E-state index contributed by atoms with van der Waals surface area (Å²) in [4.78, 5) is 12.4.